The zero-order valence-corrected chi connectivity index (χ0v) is 40.8. The van der Waals surface area contributed by atoms with Crippen LogP contribution < -0.4 is 18.9 Å². The lowest BCUT2D eigenvalue weighted by Gasteiger charge is -2.60. The smallest absolute Gasteiger partial charge is 0.254 e. The number of ether oxygens (including phenoxy) is 5. The van der Waals surface area contributed by atoms with Gasteiger partial charge in [-0.25, -0.2) is 0 Å². The average molecular weight is 958 g/mol. The summed E-state index contributed by atoms with van der Waals surface area (Å²) in [5, 5.41) is 34.9. The maximum Gasteiger partial charge on any atom is 0.254 e. The lowest BCUT2D eigenvalue weighted by atomic mass is 9.55. The number of carbonyl (C=O) groups is 1. The van der Waals surface area contributed by atoms with Gasteiger partial charge in [0.05, 0.1) is 29.9 Å². The molecule has 2 aliphatic carbocycles. The van der Waals surface area contributed by atoms with Gasteiger partial charge in [-0.05, 0) is 147 Å². The largest absolute Gasteiger partial charge is 0.459 e. The van der Waals surface area contributed by atoms with E-state index in [4.69, 9.17) is 33.7 Å². The predicted octanol–water partition coefficient (Wildman–Crippen LogP) is 11.5. The van der Waals surface area contributed by atoms with Crippen molar-refractivity contribution < 1.29 is 43.5 Å². The number of rotatable bonds is 19. The Morgan fingerprint density at radius 1 is 0.859 bits per heavy atom. The molecular formula is C59H63N3O9. The highest BCUT2D eigenvalue weighted by atomic mass is 16.7. The van der Waals surface area contributed by atoms with Crippen LogP contribution in [0, 0.1) is 29.1 Å². The Morgan fingerprint density at radius 3 is 2.28 bits per heavy atom. The van der Waals surface area contributed by atoms with E-state index in [1.165, 1.54) is 0 Å². The normalized spacial score (nSPS) is 22.3. The number of aliphatic hydroxyl groups excluding tert-OH is 2. The molecule has 71 heavy (non-hydrogen) atoms. The molecule has 0 radical (unpaired) electrons. The van der Waals surface area contributed by atoms with Crippen molar-refractivity contribution in [3.8, 4) is 45.9 Å². The third-order valence-electron chi connectivity index (χ3n) is 14.0. The Kier molecular flexibility index (Phi) is 14.9. The average Bonchev–Trinajstić information content (AvgIpc) is 3.86. The number of hydrogen-bond acceptors (Lipinski definition) is 11. The SMILES string of the molecule is C=CCO[C@@]12Oc3ccc(Oc4ccc(-c5ccccc5)cc4)cc3[C@H]3[C@H](CCCCO)[C@@H](CCCCO)C=C(C(=NOC(C)(C)C)C[C@@H]1N(Cc1ccc4c(c1)OCO4)C(=O)c1ccc(C#N)cc1)[C@H]32. The molecule has 5 aromatic rings. The molecule has 0 bridgehead atoms. The Balaban J connectivity index is 1.24. The molecule has 1 saturated carbocycles. The molecule has 0 spiro atoms. The van der Waals surface area contributed by atoms with Crippen LogP contribution in [0.5, 0.6) is 28.7 Å². The second-order valence-electron chi connectivity index (χ2n) is 19.8. The highest BCUT2D eigenvalue weighted by Gasteiger charge is 2.65. The van der Waals surface area contributed by atoms with Gasteiger partial charge in [0.15, 0.2) is 11.5 Å². The summed E-state index contributed by atoms with van der Waals surface area (Å²) in [6.07, 6.45) is 8.70. The van der Waals surface area contributed by atoms with Gasteiger partial charge in [-0.1, -0.05) is 78.7 Å². The van der Waals surface area contributed by atoms with E-state index in [0.717, 1.165) is 53.5 Å². The standard InChI is InChI=1S/C59H63N3O9/c1-5-31-68-59-54(62(57(65)43-20-17-39(36-60)18-21-43)37-40-19-27-52-53(32-40)67-38-66-52)35-50(61-71-58(2,3)4)48-33-44(15-9-11-29-63)47(16-10-12-30-64)55(56(48)59)49-34-46(26-28-51(49)70-59)69-45-24-22-42(23-25-45)41-13-7-6-8-14-41/h5-8,13-14,17-28,32-34,44,47,54-56,63-64H,1,9-12,15-16,29-31,35,37-38H2,2-4H3/t44-,47+,54-,55+,56+,59+/m0/s1. The van der Waals surface area contributed by atoms with E-state index in [-0.39, 0.29) is 63.2 Å². The zero-order chi connectivity index (χ0) is 49.5. The van der Waals surface area contributed by atoms with Crippen molar-refractivity contribution in [1.29, 1.82) is 5.26 Å². The van der Waals surface area contributed by atoms with Crippen LogP contribution >= 0.6 is 0 Å². The minimum atomic E-state index is -1.52. The van der Waals surface area contributed by atoms with Crippen molar-refractivity contribution in [2.75, 3.05) is 26.6 Å². The van der Waals surface area contributed by atoms with Gasteiger partial charge in [-0.3, -0.25) is 4.79 Å². The second kappa shape index (κ2) is 21.6. The minimum Gasteiger partial charge on any atom is -0.459 e. The minimum absolute atomic E-state index is 0.00354. The number of aliphatic hydroxyl groups is 2. The summed E-state index contributed by atoms with van der Waals surface area (Å²) in [5.74, 6) is 0.542. The highest BCUT2D eigenvalue weighted by Crippen LogP contribution is 2.62. The van der Waals surface area contributed by atoms with Crippen LogP contribution in [0.4, 0.5) is 0 Å². The Hall–Kier alpha value is -6.91. The van der Waals surface area contributed by atoms with Crippen LogP contribution in [-0.4, -0.2) is 70.8 Å². The molecular weight excluding hydrogens is 895 g/mol. The number of benzene rings is 5. The summed E-state index contributed by atoms with van der Waals surface area (Å²) in [7, 11) is 0. The second-order valence-corrected chi connectivity index (χ2v) is 19.8. The summed E-state index contributed by atoms with van der Waals surface area (Å²) in [5.41, 5.74) is 5.70. The molecule has 1 fully saturated rings. The fraction of sp³-hybridized carbons (Fsp3) is 0.373. The third kappa shape index (κ3) is 10.6. The number of allylic oxidation sites excluding steroid dienone is 1. The molecule has 1 amide bonds. The number of nitrogens with zero attached hydrogens (tertiary/aromatic N) is 3. The molecule has 0 unspecified atom stereocenters. The predicted molar refractivity (Wildman–Crippen MR) is 271 cm³/mol. The van der Waals surface area contributed by atoms with Gasteiger partial charge in [0.25, 0.3) is 5.91 Å². The molecule has 9 rings (SSSR count). The number of amides is 1. The molecule has 0 aromatic heterocycles. The topological polar surface area (TPSA) is 152 Å². The highest BCUT2D eigenvalue weighted by molar-refractivity contribution is 6.03. The maximum atomic E-state index is 15.6. The summed E-state index contributed by atoms with van der Waals surface area (Å²) in [6.45, 7) is 10.5. The van der Waals surface area contributed by atoms with E-state index in [1.54, 1.807) is 30.3 Å². The van der Waals surface area contributed by atoms with Crippen LogP contribution in [0.1, 0.15) is 98.7 Å². The Bertz CT molecular complexity index is 2780. The first-order chi connectivity index (χ1) is 34.5. The molecule has 12 nitrogen and oxygen atoms in total. The first-order valence-corrected chi connectivity index (χ1v) is 24.8. The monoisotopic (exact) mass is 957 g/mol. The van der Waals surface area contributed by atoms with E-state index in [2.05, 4.69) is 49.1 Å². The molecule has 5 aromatic carbocycles. The molecule has 2 aliphatic heterocycles. The summed E-state index contributed by atoms with van der Waals surface area (Å²) in [4.78, 5) is 23.7. The molecule has 2 heterocycles. The van der Waals surface area contributed by atoms with Crippen molar-refractivity contribution in [3.05, 3.63) is 162 Å². The van der Waals surface area contributed by atoms with Gasteiger partial charge in [0, 0.05) is 43.2 Å². The van der Waals surface area contributed by atoms with E-state index < -0.39 is 23.3 Å². The fourth-order valence-electron chi connectivity index (χ4n) is 10.8. The van der Waals surface area contributed by atoms with Crippen molar-refractivity contribution >= 4 is 11.6 Å². The number of carbonyl (C=O) groups excluding carboxylic acids is 1. The summed E-state index contributed by atoms with van der Waals surface area (Å²) in [6, 6.07) is 38.0. The quantitative estimate of drug-likeness (QED) is 0.0465. The third-order valence-corrected chi connectivity index (χ3v) is 14.0. The fourth-order valence-corrected chi connectivity index (χ4v) is 10.8. The maximum absolute atomic E-state index is 15.6. The first-order valence-electron chi connectivity index (χ1n) is 24.8. The molecule has 4 aliphatic rings. The molecule has 0 saturated heterocycles. The van der Waals surface area contributed by atoms with Gasteiger partial charge < -0.3 is 43.6 Å². The van der Waals surface area contributed by atoms with Gasteiger partial charge in [0.2, 0.25) is 12.6 Å². The van der Waals surface area contributed by atoms with Crippen LogP contribution in [-0.2, 0) is 16.1 Å². The van der Waals surface area contributed by atoms with E-state index in [9.17, 15) is 15.5 Å². The number of unbranched alkanes of at least 4 members (excludes halogenated alkanes) is 2. The molecule has 12 heteroatoms. The van der Waals surface area contributed by atoms with E-state index >= 15 is 4.79 Å². The molecule has 6 atom stereocenters. The van der Waals surface area contributed by atoms with Crippen molar-refractivity contribution in [3.63, 3.8) is 0 Å². The van der Waals surface area contributed by atoms with E-state index in [1.807, 2.05) is 86.3 Å². The molecule has 2 N–H and O–H groups in total. The van der Waals surface area contributed by atoms with Crippen molar-refractivity contribution in [2.45, 2.75) is 95.6 Å². The summed E-state index contributed by atoms with van der Waals surface area (Å²) >= 11 is 0. The first kappa shape index (κ1) is 49.1. The van der Waals surface area contributed by atoms with Crippen molar-refractivity contribution in [1.82, 2.24) is 4.90 Å². The molecule has 368 valence electrons. The van der Waals surface area contributed by atoms with Gasteiger partial charge in [-0.15, -0.1) is 6.58 Å². The number of fused-ring (bicyclic) bond motifs is 3. The number of nitriles is 1. The van der Waals surface area contributed by atoms with Gasteiger partial charge in [0.1, 0.15) is 28.9 Å². The Labute approximate surface area is 416 Å². The van der Waals surface area contributed by atoms with Crippen LogP contribution in [0.2, 0.25) is 0 Å². The van der Waals surface area contributed by atoms with E-state index in [0.29, 0.717) is 58.4 Å². The number of hydrogen-bond donors (Lipinski definition) is 2. The lowest BCUT2D eigenvalue weighted by Crippen LogP contribution is -2.70. The summed E-state index contributed by atoms with van der Waals surface area (Å²) < 4.78 is 33.0. The van der Waals surface area contributed by atoms with Crippen LogP contribution in [0.25, 0.3) is 11.1 Å². The van der Waals surface area contributed by atoms with Gasteiger partial charge in [-0.2, -0.15) is 5.26 Å². The van der Waals surface area contributed by atoms with Crippen molar-refractivity contribution in [2.24, 2.45) is 22.9 Å². The number of oxime groups is 1. The lowest BCUT2D eigenvalue weighted by molar-refractivity contribution is -0.255. The van der Waals surface area contributed by atoms with Crippen LogP contribution in [0.15, 0.2) is 145 Å². The Morgan fingerprint density at radius 2 is 1.56 bits per heavy atom. The van der Waals surface area contributed by atoms with Gasteiger partial charge >= 0.3 is 0 Å². The van der Waals surface area contributed by atoms with Crippen LogP contribution in [0.3, 0.4) is 0 Å². The zero-order valence-electron chi connectivity index (χ0n) is 40.8.